The van der Waals surface area contributed by atoms with Gasteiger partial charge in [0, 0.05) is 30.8 Å². The number of nitrogen functional groups attached to an aromatic ring is 1. The third-order valence-corrected chi connectivity index (χ3v) is 6.72. The van der Waals surface area contributed by atoms with Crippen LogP contribution in [0.25, 0.3) is 22.3 Å². The maximum Gasteiger partial charge on any atom is 0.251 e. The SMILES string of the molecule is C=CC(=O)N1CCC[C@@H](n2nc(-c3cccc(C(=O)NCc4ccc(C)cc4)c3)c3c(N)ncnc32)C1. The highest BCUT2D eigenvalue weighted by molar-refractivity contribution is 6.00. The lowest BCUT2D eigenvalue weighted by Crippen LogP contribution is -2.40. The van der Waals surface area contributed by atoms with Gasteiger partial charge in [-0.05, 0) is 43.5 Å². The minimum absolute atomic E-state index is 0.0656. The molecule has 1 aliphatic rings. The molecule has 3 N–H and O–H groups in total. The second kappa shape index (κ2) is 10.2. The molecule has 1 fully saturated rings. The van der Waals surface area contributed by atoms with E-state index in [1.807, 2.05) is 48.0 Å². The fraction of sp³-hybridized carbons (Fsp3) is 0.250. The summed E-state index contributed by atoms with van der Waals surface area (Å²) in [5.74, 6) is 0.0384. The third-order valence-electron chi connectivity index (χ3n) is 6.72. The Morgan fingerprint density at radius 3 is 2.78 bits per heavy atom. The van der Waals surface area contributed by atoms with Crippen LogP contribution in [-0.2, 0) is 11.3 Å². The number of aromatic nitrogens is 4. The molecule has 4 aromatic rings. The monoisotopic (exact) mass is 495 g/mol. The summed E-state index contributed by atoms with van der Waals surface area (Å²) < 4.78 is 1.84. The number of carbonyl (C=O) groups excluding carboxylic acids is 2. The zero-order valence-corrected chi connectivity index (χ0v) is 20.7. The second-order valence-electron chi connectivity index (χ2n) is 9.28. The van der Waals surface area contributed by atoms with Crippen LogP contribution in [0.15, 0.2) is 67.5 Å². The van der Waals surface area contributed by atoms with Gasteiger partial charge in [-0.2, -0.15) is 5.10 Å². The molecular weight excluding hydrogens is 466 g/mol. The van der Waals surface area contributed by atoms with E-state index in [9.17, 15) is 9.59 Å². The van der Waals surface area contributed by atoms with Crippen LogP contribution < -0.4 is 11.1 Å². The molecule has 0 bridgehead atoms. The van der Waals surface area contributed by atoms with Crippen LogP contribution in [0.2, 0.25) is 0 Å². The van der Waals surface area contributed by atoms with Gasteiger partial charge in [-0.25, -0.2) is 14.6 Å². The van der Waals surface area contributed by atoms with Gasteiger partial charge in [0.15, 0.2) is 5.65 Å². The maximum absolute atomic E-state index is 12.9. The first-order valence-corrected chi connectivity index (χ1v) is 12.3. The number of hydrogen-bond donors (Lipinski definition) is 2. The number of amides is 2. The smallest absolute Gasteiger partial charge is 0.251 e. The minimum atomic E-state index is -0.179. The Morgan fingerprint density at radius 2 is 2.00 bits per heavy atom. The van der Waals surface area contributed by atoms with Crippen molar-refractivity contribution in [3.63, 3.8) is 0 Å². The first kappa shape index (κ1) is 24.2. The summed E-state index contributed by atoms with van der Waals surface area (Å²) in [5, 5.41) is 8.52. The van der Waals surface area contributed by atoms with Crippen molar-refractivity contribution in [1.82, 2.24) is 30.0 Å². The molecule has 1 saturated heterocycles. The number of fused-ring (bicyclic) bond motifs is 1. The summed E-state index contributed by atoms with van der Waals surface area (Å²) in [4.78, 5) is 35.6. The van der Waals surface area contributed by atoms with E-state index >= 15 is 0 Å². The number of nitrogens with two attached hydrogens (primary N) is 1. The van der Waals surface area contributed by atoms with Gasteiger partial charge in [0.05, 0.1) is 11.4 Å². The molecule has 9 heteroatoms. The van der Waals surface area contributed by atoms with Gasteiger partial charge in [-0.3, -0.25) is 9.59 Å². The van der Waals surface area contributed by atoms with Gasteiger partial charge >= 0.3 is 0 Å². The van der Waals surface area contributed by atoms with Crippen LogP contribution in [0.1, 0.15) is 40.4 Å². The number of aryl methyl sites for hydroxylation is 1. The minimum Gasteiger partial charge on any atom is -0.383 e. The highest BCUT2D eigenvalue weighted by Crippen LogP contribution is 2.34. The van der Waals surface area contributed by atoms with Crippen LogP contribution in [0.3, 0.4) is 0 Å². The quantitative estimate of drug-likeness (QED) is 0.394. The molecule has 9 nitrogen and oxygen atoms in total. The molecule has 0 spiro atoms. The second-order valence-corrected chi connectivity index (χ2v) is 9.28. The lowest BCUT2D eigenvalue weighted by molar-refractivity contribution is -0.127. The average molecular weight is 496 g/mol. The molecule has 1 aliphatic heterocycles. The number of piperidine rings is 1. The number of rotatable bonds is 6. The number of benzene rings is 2. The molecule has 0 unspecified atom stereocenters. The highest BCUT2D eigenvalue weighted by atomic mass is 16.2. The summed E-state index contributed by atoms with van der Waals surface area (Å²) in [5.41, 5.74) is 11.0. The van der Waals surface area contributed by atoms with E-state index < -0.39 is 0 Å². The number of nitrogens with zero attached hydrogens (tertiary/aromatic N) is 5. The molecule has 2 amide bonds. The molecule has 5 rings (SSSR count). The topological polar surface area (TPSA) is 119 Å². The van der Waals surface area contributed by atoms with E-state index in [2.05, 4.69) is 21.9 Å². The van der Waals surface area contributed by atoms with Crippen molar-refractivity contribution >= 4 is 28.7 Å². The Bertz CT molecular complexity index is 1480. The van der Waals surface area contributed by atoms with Crippen molar-refractivity contribution in [2.75, 3.05) is 18.8 Å². The lowest BCUT2D eigenvalue weighted by atomic mass is 10.1. The summed E-state index contributed by atoms with van der Waals surface area (Å²) in [7, 11) is 0. The maximum atomic E-state index is 12.9. The van der Waals surface area contributed by atoms with Crippen molar-refractivity contribution < 1.29 is 9.59 Å². The molecule has 0 radical (unpaired) electrons. The number of likely N-dealkylation sites (tertiary alicyclic amines) is 1. The van der Waals surface area contributed by atoms with Crippen molar-refractivity contribution in [3.8, 4) is 11.3 Å². The standard InChI is InChI=1S/C28H29N7O2/c1-3-23(36)34-13-5-8-22(16-34)35-27-24(26(29)31-17-32-27)25(33-35)20-6-4-7-21(14-20)28(37)30-15-19-11-9-18(2)10-12-19/h3-4,6-7,9-12,14,17,22H,1,5,8,13,15-16H2,2H3,(H,30,37)(H2,29,31,32)/t22-/m1/s1. The van der Waals surface area contributed by atoms with E-state index in [0.29, 0.717) is 47.7 Å². The Hall–Kier alpha value is -4.53. The van der Waals surface area contributed by atoms with Gasteiger partial charge in [-0.15, -0.1) is 0 Å². The fourth-order valence-electron chi connectivity index (χ4n) is 4.73. The molecule has 0 saturated carbocycles. The number of anilines is 1. The summed E-state index contributed by atoms with van der Waals surface area (Å²) >= 11 is 0. The Morgan fingerprint density at radius 1 is 1.19 bits per heavy atom. The summed E-state index contributed by atoms with van der Waals surface area (Å²) in [6.07, 6.45) is 4.45. The summed E-state index contributed by atoms with van der Waals surface area (Å²) in [6.45, 7) is 7.27. The van der Waals surface area contributed by atoms with E-state index in [-0.39, 0.29) is 17.9 Å². The average Bonchev–Trinajstić information content (AvgIpc) is 3.33. The van der Waals surface area contributed by atoms with E-state index in [1.54, 1.807) is 17.0 Å². The van der Waals surface area contributed by atoms with Crippen molar-refractivity contribution in [2.45, 2.75) is 32.4 Å². The Labute approximate surface area is 215 Å². The van der Waals surface area contributed by atoms with Crippen LogP contribution in [-0.4, -0.2) is 49.6 Å². The largest absolute Gasteiger partial charge is 0.383 e. The van der Waals surface area contributed by atoms with Gasteiger partial charge in [0.2, 0.25) is 5.91 Å². The van der Waals surface area contributed by atoms with Crippen LogP contribution >= 0.6 is 0 Å². The molecule has 37 heavy (non-hydrogen) atoms. The highest BCUT2D eigenvalue weighted by Gasteiger charge is 2.28. The molecule has 3 heterocycles. The van der Waals surface area contributed by atoms with Crippen molar-refractivity contribution in [3.05, 3.63) is 84.2 Å². The van der Waals surface area contributed by atoms with Gasteiger partial charge in [0.1, 0.15) is 17.8 Å². The van der Waals surface area contributed by atoms with E-state index in [4.69, 9.17) is 10.8 Å². The van der Waals surface area contributed by atoms with Gasteiger partial charge in [0.25, 0.3) is 5.91 Å². The van der Waals surface area contributed by atoms with Crippen LogP contribution in [0.5, 0.6) is 0 Å². The van der Waals surface area contributed by atoms with Crippen molar-refractivity contribution in [1.29, 1.82) is 0 Å². The first-order valence-electron chi connectivity index (χ1n) is 12.3. The zero-order chi connectivity index (χ0) is 25.9. The Balaban J connectivity index is 1.46. The number of hydrogen-bond acceptors (Lipinski definition) is 6. The predicted molar refractivity (Wildman–Crippen MR) is 143 cm³/mol. The lowest BCUT2D eigenvalue weighted by Gasteiger charge is -2.32. The molecule has 2 aromatic heterocycles. The van der Waals surface area contributed by atoms with E-state index in [0.717, 1.165) is 24.0 Å². The molecule has 2 aromatic carbocycles. The fourth-order valence-corrected chi connectivity index (χ4v) is 4.73. The van der Waals surface area contributed by atoms with Gasteiger partial charge < -0.3 is 16.0 Å². The molecule has 0 aliphatic carbocycles. The first-order chi connectivity index (χ1) is 17.9. The predicted octanol–water partition coefficient (Wildman–Crippen LogP) is 3.66. The number of nitrogens with one attached hydrogen (secondary N) is 1. The van der Waals surface area contributed by atoms with Crippen LogP contribution in [0.4, 0.5) is 5.82 Å². The Kier molecular flexibility index (Phi) is 6.68. The molecular formula is C28H29N7O2. The van der Waals surface area contributed by atoms with E-state index in [1.165, 1.54) is 18.0 Å². The number of carbonyl (C=O) groups is 2. The normalized spacial score (nSPS) is 15.5. The van der Waals surface area contributed by atoms with Crippen molar-refractivity contribution in [2.24, 2.45) is 0 Å². The van der Waals surface area contributed by atoms with Gasteiger partial charge in [-0.1, -0.05) is 48.5 Å². The zero-order valence-electron chi connectivity index (χ0n) is 20.7. The van der Waals surface area contributed by atoms with Crippen LogP contribution in [0, 0.1) is 6.92 Å². The molecule has 1 atom stereocenters. The summed E-state index contributed by atoms with van der Waals surface area (Å²) in [6, 6.07) is 15.3. The third kappa shape index (κ3) is 4.93. The molecule has 188 valence electrons.